The minimum absolute atomic E-state index is 0.231. The van der Waals surface area contributed by atoms with Crippen LogP contribution >= 0.6 is 0 Å². The standard InChI is InChI=1S/C14H16N2O6/c1-7-14-6-19-13(2,3)21-10(14)9(20-7)11(22-14)16-5-4-8(17)15-12(16)18/h4-5,9-11H,1,6H2,2-3H3,(H,15,17,18)/t9-,10+,11-,14+/m1/s1. The first-order valence-electron chi connectivity index (χ1n) is 6.99. The molecule has 0 radical (unpaired) electrons. The van der Waals surface area contributed by atoms with Gasteiger partial charge in [-0.3, -0.25) is 14.3 Å². The zero-order chi connectivity index (χ0) is 15.7. The molecule has 3 saturated heterocycles. The van der Waals surface area contributed by atoms with E-state index in [2.05, 4.69) is 11.6 Å². The van der Waals surface area contributed by atoms with E-state index in [1.165, 1.54) is 16.8 Å². The topological polar surface area (TPSA) is 91.8 Å². The van der Waals surface area contributed by atoms with Gasteiger partial charge in [0.2, 0.25) is 0 Å². The average Bonchev–Trinajstić information content (AvgIpc) is 2.87. The van der Waals surface area contributed by atoms with Crippen molar-refractivity contribution in [2.75, 3.05) is 6.61 Å². The zero-order valence-corrected chi connectivity index (χ0v) is 12.2. The van der Waals surface area contributed by atoms with E-state index < -0.39 is 41.1 Å². The summed E-state index contributed by atoms with van der Waals surface area (Å²) < 4.78 is 24.7. The van der Waals surface area contributed by atoms with Gasteiger partial charge in [0.15, 0.2) is 23.7 Å². The van der Waals surface area contributed by atoms with E-state index in [4.69, 9.17) is 18.9 Å². The predicted molar refractivity (Wildman–Crippen MR) is 73.1 cm³/mol. The molecule has 0 unspecified atom stereocenters. The van der Waals surface area contributed by atoms with E-state index in [0.717, 1.165) is 0 Å². The molecule has 0 saturated carbocycles. The van der Waals surface area contributed by atoms with E-state index in [1.54, 1.807) is 0 Å². The fourth-order valence-electron chi connectivity index (χ4n) is 3.20. The van der Waals surface area contributed by atoms with E-state index in [1.807, 2.05) is 13.8 Å². The molecule has 8 nitrogen and oxygen atoms in total. The van der Waals surface area contributed by atoms with Gasteiger partial charge in [0, 0.05) is 12.3 Å². The van der Waals surface area contributed by atoms with Crippen LogP contribution in [0.5, 0.6) is 0 Å². The molecular weight excluding hydrogens is 292 g/mol. The third-order valence-corrected chi connectivity index (χ3v) is 4.29. The molecule has 22 heavy (non-hydrogen) atoms. The Hall–Kier alpha value is -1.90. The summed E-state index contributed by atoms with van der Waals surface area (Å²) in [5.41, 5.74) is -1.96. The van der Waals surface area contributed by atoms with Gasteiger partial charge in [0.1, 0.15) is 11.9 Å². The fourth-order valence-corrected chi connectivity index (χ4v) is 3.20. The molecule has 4 atom stereocenters. The van der Waals surface area contributed by atoms with Crippen molar-refractivity contribution in [3.63, 3.8) is 0 Å². The molecule has 0 aliphatic carbocycles. The number of aromatic amines is 1. The van der Waals surface area contributed by atoms with E-state index in [-0.39, 0.29) is 6.61 Å². The minimum Gasteiger partial charge on any atom is -0.484 e. The molecule has 1 N–H and O–H groups in total. The number of aromatic nitrogens is 2. The SMILES string of the molecule is C=C1O[C@H]2[C@H](n3ccc(=O)[nH]c3=O)O[C@@]13COC(C)(C)O[C@@H]23. The highest BCUT2D eigenvalue weighted by Gasteiger charge is 2.69. The summed E-state index contributed by atoms with van der Waals surface area (Å²) in [6, 6.07) is 1.26. The maximum atomic E-state index is 12.0. The van der Waals surface area contributed by atoms with Gasteiger partial charge in [-0.2, -0.15) is 0 Å². The van der Waals surface area contributed by atoms with Gasteiger partial charge in [-0.15, -0.1) is 0 Å². The van der Waals surface area contributed by atoms with Crippen molar-refractivity contribution in [2.45, 2.75) is 43.7 Å². The maximum absolute atomic E-state index is 12.0. The largest absolute Gasteiger partial charge is 0.484 e. The van der Waals surface area contributed by atoms with Gasteiger partial charge in [0.05, 0.1) is 6.61 Å². The molecule has 4 heterocycles. The van der Waals surface area contributed by atoms with Crippen molar-refractivity contribution in [3.8, 4) is 0 Å². The first-order valence-corrected chi connectivity index (χ1v) is 6.99. The highest BCUT2D eigenvalue weighted by molar-refractivity contribution is 5.25. The predicted octanol–water partition coefficient (Wildman–Crippen LogP) is -0.132. The van der Waals surface area contributed by atoms with Crippen molar-refractivity contribution >= 4 is 0 Å². The summed E-state index contributed by atoms with van der Waals surface area (Å²) in [6.07, 6.45) is -0.281. The summed E-state index contributed by atoms with van der Waals surface area (Å²) >= 11 is 0. The lowest BCUT2D eigenvalue weighted by atomic mass is 9.95. The van der Waals surface area contributed by atoms with Gasteiger partial charge in [0.25, 0.3) is 5.56 Å². The Morgan fingerprint density at radius 3 is 2.86 bits per heavy atom. The van der Waals surface area contributed by atoms with E-state index >= 15 is 0 Å². The van der Waals surface area contributed by atoms with Crippen LogP contribution in [0.15, 0.2) is 34.2 Å². The third-order valence-electron chi connectivity index (χ3n) is 4.29. The van der Waals surface area contributed by atoms with Crippen LogP contribution in [0.25, 0.3) is 0 Å². The lowest BCUT2D eigenvalue weighted by Crippen LogP contribution is -2.55. The van der Waals surface area contributed by atoms with Crippen molar-refractivity contribution in [3.05, 3.63) is 45.4 Å². The molecule has 118 valence electrons. The van der Waals surface area contributed by atoms with Gasteiger partial charge in [-0.1, -0.05) is 6.58 Å². The lowest BCUT2D eigenvalue weighted by Gasteiger charge is -2.41. The molecule has 2 bridgehead atoms. The number of hydrogen-bond acceptors (Lipinski definition) is 6. The quantitative estimate of drug-likeness (QED) is 0.777. The number of rotatable bonds is 1. The van der Waals surface area contributed by atoms with Crippen molar-refractivity contribution in [1.29, 1.82) is 0 Å². The molecule has 1 aromatic rings. The van der Waals surface area contributed by atoms with Crippen molar-refractivity contribution < 1.29 is 18.9 Å². The summed E-state index contributed by atoms with van der Waals surface area (Å²) in [4.78, 5) is 25.4. The summed E-state index contributed by atoms with van der Waals surface area (Å²) in [5.74, 6) is -0.332. The maximum Gasteiger partial charge on any atom is 0.330 e. The number of ether oxygens (including phenoxy) is 4. The zero-order valence-electron chi connectivity index (χ0n) is 12.2. The first kappa shape index (κ1) is 13.7. The van der Waals surface area contributed by atoms with Crippen LogP contribution in [-0.2, 0) is 18.9 Å². The number of nitrogens with one attached hydrogen (secondary N) is 1. The number of nitrogens with zero attached hydrogens (tertiary/aromatic N) is 1. The third kappa shape index (κ3) is 1.68. The Balaban J connectivity index is 1.76. The molecule has 3 aliphatic rings. The van der Waals surface area contributed by atoms with Crippen LogP contribution < -0.4 is 11.2 Å². The highest BCUT2D eigenvalue weighted by Crippen LogP contribution is 2.54. The minimum atomic E-state index is -0.930. The van der Waals surface area contributed by atoms with Crippen LogP contribution in [0.4, 0.5) is 0 Å². The van der Waals surface area contributed by atoms with Crippen LogP contribution in [0.3, 0.4) is 0 Å². The smallest absolute Gasteiger partial charge is 0.330 e. The fraction of sp³-hybridized carbons (Fsp3) is 0.571. The second kappa shape index (κ2) is 4.09. The molecule has 0 spiro atoms. The molecule has 3 aliphatic heterocycles. The monoisotopic (exact) mass is 308 g/mol. The molecule has 0 aromatic carbocycles. The number of hydrogen-bond donors (Lipinski definition) is 1. The normalized spacial score (nSPS) is 38.6. The second-order valence-corrected chi connectivity index (χ2v) is 6.15. The summed E-state index contributed by atoms with van der Waals surface area (Å²) in [7, 11) is 0. The number of H-pyrrole nitrogens is 1. The molecule has 1 aromatic heterocycles. The summed E-state index contributed by atoms with van der Waals surface area (Å²) in [6.45, 7) is 7.72. The Kier molecular flexibility index (Phi) is 2.56. The molecule has 3 fully saturated rings. The van der Waals surface area contributed by atoms with Crippen molar-refractivity contribution in [1.82, 2.24) is 9.55 Å². The summed E-state index contributed by atoms with van der Waals surface area (Å²) in [5, 5.41) is 0. The van der Waals surface area contributed by atoms with Gasteiger partial charge in [-0.05, 0) is 13.8 Å². The Morgan fingerprint density at radius 2 is 2.14 bits per heavy atom. The van der Waals surface area contributed by atoms with E-state index in [0.29, 0.717) is 5.76 Å². The Morgan fingerprint density at radius 1 is 1.36 bits per heavy atom. The Labute approximate surface area is 125 Å². The first-order chi connectivity index (χ1) is 10.3. The molecule has 4 rings (SSSR count). The lowest BCUT2D eigenvalue weighted by molar-refractivity contribution is -0.311. The van der Waals surface area contributed by atoms with Gasteiger partial charge < -0.3 is 18.9 Å². The molecule has 8 heteroatoms. The van der Waals surface area contributed by atoms with Crippen LogP contribution in [0, 0.1) is 0 Å². The van der Waals surface area contributed by atoms with Crippen LogP contribution in [-0.4, -0.2) is 39.8 Å². The van der Waals surface area contributed by atoms with Gasteiger partial charge in [-0.25, -0.2) is 4.79 Å². The van der Waals surface area contributed by atoms with Crippen LogP contribution in [0.2, 0.25) is 0 Å². The molecular formula is C14H16N2O6. The van der Waals surface area contributed by atoms with E-state index in [9.17, 15) is 9.59 Å². The Bertz CT molecular complexity index is 765. The highest BCUT2D eigenvalue weighted by atomic mass is 16.8. The second-order valence-electron chi connectivity index (χ2n) is 6.15. The van der Waals surface area contributed by atoms with Crippen molar-refractivity contribution in [2.24, 2.45) is 0 Å². The van der Waals surface area contributed by atoms with Gasteiger partial charge >= 0.3 is 5.69 Å². The van der Waals surface area contributed by atoms with Crippen LogP contribution in [0.1, 0.15) is 20.1 Å². The molecule has 0 amide bonds. The average molecular weight is 308 g/mol.